The maximum absolute atomic E-state index is 12.3. The third-order valence-electron chi connectivity index (χ3n) is 3.57. The normalized spacial score (nSPS) is 22.8. The molecular formula is C14H23ClN2O3. The van der Waals surface area contributed by atoms with Crippen LogP contribution in [-0.4, -0.2) is 58.5 Å². The molecule has 20 heavy (non-hydrogen) atoms. The SMILES string of the molecule is CC(C)(C)OC(=O)N(C1CC1)[C@H]1CCN(C(=O)CCl)C1. The third kappa shape index (κ3) is 3.78. The number of amides is 2. The molecule has 2 fully saturated rings. The summed E-state index contributed by atoms with van der Waals surface area (Å²) in [4.78, 5) is 27.5. The molecule has 0 unspecified atom stereocenters. The Labute approximate surface area is 125 Å². The van der Waals surface area contributed by atoms with Crippen LogP contribution in [0.3, 0.4) is 0 Å². The van der Waals surface area contributed by atoms with E-state index in [1.54, 1.807) is 4.90 Å². The summed E-state index contributed by atoms with van der Waals surface area (Å²) in [7, 11) is 0. The van der Waals surface area contributed by atoms with Gasteiger partial charge in [0.2, 0.25) is 5.91 Å². The van der Waals surface area contributed by atoms with Crippen LogP contribution < -0.4 is 0 Å². The first kappa shape index (κ1) is 15.4. The molecule has 2 aliphatic rings. The Hall–Kier alpha value is -0.970. The molecule has 1 saturated heterocycles. The molecule has 1 aliphatic carbocycles. The first-order chi connectivity index (χ1) is 9.31. The van der Waals surface area contributed by atoms with E-state index in [4.69, 9.17) is 16.3 Å². The summed E-state index contributed by atoms with van der Waals surface area (Å²) in [5.41, 5.74) is -0.492. The number of likely N-dealkylation sites (tertiary alicyclic amines) is 1. The summed E-state index contributed by atoms with van der Waals surface area (Å²) in [5.74, 6) is -0.0585. The molecule has 0 radical (unpaired) electrons. The average Bonchev–Trinajstić information content (AvgIpc) is 3.03. The van der Waals surface area contributed by atoms with Crippen LogP contribution in [0.25, 0.3) is 0 Å². The van der Waals surface area contributed by atoms with Crippen molar-refractivity contribution in [3.63, 3.8) is 0 Å². The molecule has 114 valence electrons. The van der Waals surface area contributed by atoms with Gasteiger partial charge in [0.05, 0.1) is 6.04 Å². The van der Waals surface area contributed by atoms with E-state index in [1.165, 1.54) is 0 Å². The highest BCUT2D eigenvalue weighted by Crippen LogP contribution is 2.33. The molecule has 2 rings (SSSR count). The second-order valence-corrected chi connectivity index (χ2v) is 6.80. The lowest BCUT2D eigenvalue weighted by Gasteiger charge is -2.31. The fourth-order valence-corrected chi connectivity index (χ4v) is 2.71. The summed E-state index contributed by atoms with van der Waals surface area (Å²) >= 11 is 5.59. The van der Waals surface area contributed by atoms with Crippen LogP contribution in [-0.2, 0) is 9.53 Å². The van der Waals surface area contributed by atoms with Crippen LogP contribution in [0.2, 0.25) is 0 Å². The van der Waals surface area contributed by atoms with E-state index in [0.717, 1.165) is 19.3 Å². The lowest BCUT2D eigenvalue weighted by atomic mass is 10.2. The van der Waals surface area contributed by atoms with Gasteiger partial charge in [0.1, 0.15) is 11.5 Å². The molecule has 0 aromatic rings. The Balaban J connectivity index is 2.00. The van der Waals surface area contributed by atoms with Gasteiger partial charge in [-0.2, -0.15) is 0 Å². The molecular weight excluding hydrogens is 280 g/mol. The van der Waals surface area contributed by atoms with Crippen molar-refractivity contribution in [2.45, 2.75) is 57.7 Å². The second-order valence-electron chi connectivity index (χ2n) is 6.53. The molecule has 1 saturated carbocycles. The predicted molar refractivity (Wildman–Crippen MR) is 76.8 cm³/mol. The first-order valence-electron chi connectivity index (χ1n) is 7.17. The summed E-state index contributed by atoms with van der Waals surface area (Å²) in [6.07, 6.45) is 2.60. The number of carbonyl (C=O) groups is 2. The monoisotopic (exact) mass is 302 g/mol. The van der Waals surface area contributed by atoms with Gasteiger partial charge >= 0.3 is 6.09 Å². The summed E-state index contributed by atoms with van der Waals surface area (Å²) in [5, 5.41) is 0. The molecule has 0 aromatic carbocycles. The smallest absolute Gasteiger partial charge is 0.410 e. The van der Waals surface area contributed by atoms with E-state index in [0.29, 0.717) is 13.1 Å². The maximum Gasteiger partial charge on any atom is 0.410 e. The van der Waals surface area contributed by atoms with E-state index < -0.39 is 5.60 Å². The summed E-state index contributed by atoms with van der Waals surface area (Å²) in [6, 6.07) is 0.338. The standard InChI is InChI=1S/C14H23ClN2O3/c1-14(2,3)20-13(19)17(10-4-5-10)11-6-7-16(9-11)12(18)8-15/h10-11H,4-9H2,1-3H3/t11-/m0/s1. The Bertz CT molecular complexity index is 390. The Morgan fingerprint density at radius 3 is 2.40 bits per heavy atom. The lowest BCUT2D eigenvalue weighted by molar-refractivity contribution is -0.127. The summed E-state index contributed by atoms with van der Waals surface area (Å²) in [6.45, 7) is 6.85. The van der Waals surface area contributed by atoms with Gasteiger partial charge < -0.3 is 14.5 Å². The van der Waals surface area contributed by atoms with Gasteiger partial charge in [-0.15, -0.1) is 11.6 Å². The Morgan fingerprint density at radius 1 is 1.25 bits per heavy atom. The van der Waals surface area contributed by atoms with Crippen molar-refractivity contribution < 1.29 is 14.3 Å². The fourth-order valence-electron chi connectivity index (χ4n) is 2.54. The zero-order valence-corrected chi connectivity index (χ0v) is 13.2. The van der Waals surface area contributed by atoms with Gasteiger partial charge in [-0.25, -0.2) is 4.79 Å². The zero-order valence-electron chi connectivity index (χ0n) is 12.4. The first-order valence-corrected chi connectivity index (χ1v) is 7.70. The number of nitrogens with zero attached hydrogens (tertiary/aromatic N) is 2. The third-order valence-corrected chi connectivity index (χ3v) is 3.80. The Morgan fingerprint density at radius 2 is 1.90 bits per heavy atom. The van der Waals surface area contributed by atoms with Gasteiger partial charge in [-0.3, -0.25) is 4.79 Å². The van der Waals surface area contributed by atoms with E-state index in [-0.39, 0.29) is 30.0 Å². The highest BCUT2D eigenvalue weighted by molar-refractivity contribution is 6.27. The molecule has 1 aliphatic heterocycles. The number of rotatable bonds is 3. The number of carbonyl (C=O) groups excluding carboxylic acids is 2. The Kier molecular flexibility index (Phi) is 4.47. The van der Waals surface area contributed by atoms with E-state index >= 15 is 0 Å². The zero-order chi connectivity index (χ0) is 14.9. The number of ether oxygens (including phenoxy) is 1. The fraction of sp³-hybridized carbons (Fsp3) is 0.857. The minimum Gasteiger partial charge on any atom is -0.444 e. The predicted octanol–water partition coefficient (Wildman–Crippen LogP) is 2.23. The van der Waals surface area contributed by atoms with Crippen molar-refractivity contribution in [2.75, 3.05) is 19.0 Å². The second kappa shape index (κ2) is 5.80. The van der Waals surface area contributed by atoms with Crippen LogP contribution in [0.5, 0.6) is 0 Å². The van der Waals surface area contributed by atoms with E-state index in [9.17, 15) is 9.59 Å². The average molecular weight is 303 g/mol. The maximum atomic E-state index is 12.3. The van der Waals surface area contributed by atoms with Crippen molar-refractivity contribution in [2.24, 2.45) is 0 Å². The van der Waals surface area contributed by atoms with Crippen molar-refractivity contribution >= 4 is 23.6 Å². The minimum atomic E-state index is -0.492. The molecule has 0 spiro atoms. The van der Waals surface area contributed by atoms with Crippen LogP contribution in [0.1, 0.15) is 40.0 Å². The van der Waals surface area contributed by atoms with Crippen molar-refractivity contribution in [1.29, 1.82) is 0 Å². The quantitative estimate of drug-likeness (QED) is 0.751. The molecule has 1 atom stereocenters. The van der Waals surface area contributed by atoms with Crippen LogP contribution in [0, 0.1) is 0 Å². The lowest BCUT2D eigenvalue weighted by Crippen LogP contribution is -2.46. The molecule has 1 heterocycles. The topological polar surface area (TPSA) is 49.9 Å². The van der Waals surface area contributed by atoms with Crippen molar-refractivity contribution in [3.8, 4) is 0 Å². The largest absolute Gasteiger partial charge is 0.444 e. The van der Waals surface area contributed by atoms with Crippen LogP contribution in [0.4, 0.5) is 4.79 Å². The van der Waals surface area contributed by atoms with E-state index in [1.807, 2.05) is 25.7 Å². The molecule has 6 heteroatoms. The van der Waals surface area contributed by atoms with Gasteiger partial charge in [0.25, 0.3) is 0 Å². The molecule has 0 bridgehead atoms. The van der Waals surface area contributed by atoms with Crippen LogP contribution >= 0.6 is 11.6 Å². The van der Waals surface area contributed by atoms with Gasteiger partial charge in [0, 0.05) is 19.1 Å². The molecule has 0 N–H and O–H groups in total. The van der Waals surface area contributed by atoms with Gasteiger partial charge in [-0.05, 0) is 40.0 Å². The molecule has 2 amide bonds. The minimum absolute atomic E-state index is 0.00257. The van der Waals surface area contributed by atoms with Gasteiger partial charge in [0.15, 0.2) is 0 Å². The number of hydrogen-bond acceptors (Lipinski definition) is 3. The number of halogens is 1. The summed E-state index contributed by atoms with van der Waals surface area (Å²) < 4.78 is 5.49. The van der Waals surface area contributed by atoms with E-state index in [2.05, 4.69) is 0 Å². The van der Waals surface area contributed by atoms with Gasteiger partial charge in [-0.1, -0.05) is 0 Å². The number of alkyl halides is 1. The van der Waals surface area contributed by atoms with Crippen molar-refractivity contribution in [3.05, 3.63) is 0 Å². The molecule has 5 nitrogen and oxygen atoms in total. The highest BCUT2D eigenvalue weighted by Gasteiger charge is 2.42. The highest BCUT2D eigenvalue weighted by atomic mass is 35.5. The molecule has 0 aromatic heterocycles. The van der Waals surface area contributed by atoms with Crippen LogP contribution in [0.15, 0.2) is 0 Å². The van der Waals surface area contributed by atoms with Crippen molar-refractivity contribution in [1.82, 2.24) is 9.80 Å². The number of hydrogen-bond donors (Lipinski definition) is 0.